The zero-order valence-electron chi connectivity index (χ0n) is 10.8. The molecule has 0 aromatic heterocycles. The standard InChI is InChI=1S/C15H9N3O3/c19-9-16-13-6-4-12(5-7-13)14-3-1-2-8-15(14,17-10-20)18-11-21/h1-8,14H. The Morgan fingerprint density at radius 3 is 2.14 bits per heavy atom. The molecule has 0 fully saturated rings. The van der Waals surface area contributed by atoms with Gasteiger partial charge in [-0.3, -0.25) is 0 Å². The summed E-state index contributed by atoms with van der Waals surface area (Å²) >= 11 is 0. The molecule has 1 aliphatic rings. The molecule has 0 N–H and O–H groups in total. The van der Waals surface area contributed by atoms with E-state index in [1.165, 1.54) is 24.3 Å². The zero-order chi connectivity index (χ0) is 15.1. The predicted octanol–water partition coefficient (Wildman–Crippen LogP) is 2.23. The summed E-state index contributed by atoms with van der Waals surface area (Å²) < 4.78 is 0. The number of benzene rings is 1. The van der Waals surface area contributed by atoms with E-state index >= 15 is 0 Å². The molecule has 2 rings (SSSR count). The lowest BCUT2D eigenvalue weighted by Crippen LogP contribution is -2.30. The van der Waals surface area contributed by atoms with Crippen molar-refractivity contribution in [1.82, 2.24) is 0 Å². The molecule has 102 valence electrons. The molecule has 0 saturated carbocycles. The largest absolute Gasteiger partial charge is 0.240 e. The number of hydrogen-bond acceptors (Lipinski definition) is 6. The highest BCUT2D eigenvalue weighted by Crippen LogP contribution is 2.38. The van der Waals surface area contributed by atoms with Crippen LogP contribution in [0, 0.1) is 0 Å². The van der Waals surface area contributed by atoms with E-state index in [1.54, 1.807) is 42.5 Å². The molecule has 0 spiro atoms. The topological polar surface area (TPSA) is 88.3 Å². The number of hydrogen-bond donors (Lipinski definition) is 0. The van der Waals surface area contributed by atoms with Crippen molar-refractivity contribution in [2.45, 2.75) is 11.6 Å². The van der Waals surface area contributed by atoms with Crippen LogP contribution in [0.3, 0.4) is 0 Å². The van der Waals surface area contributed by atoms with Gasteiger partial charge in [0.15, 0.2) is 0 Å². The van der Waals surface area contributed by atoms with Crippen LogP contribution in [0.4, 0.5) is 5.69 Å². The smallest absolute Gasteiger partial charge is 0.211 e. The van der Waals surface area contributed by atoms with Crippen molar-refractivity contribution in [1.29, 1.82) is 0 Å². The van der Waals surface area contributed by atoms with Gasteiger partial charge in [0.2, 0.25) is 23.9 Å². The first-order chi connectivity index (χ1) is 10.3. The first-order valence-electron chi connectivity index (χ1n) is 5.97. The summed E-state index contributed by atoms with van der Waals surface area (Å²) in [4.78, 5) is 42.4. The number of rotatable bonds is 4. The normalized spacial score (nSPS) is 22.6. The lowest BCUT2D eigenvalue weighted by Gasteiger charge is -2.28. The van der Waals surface area contributed by atoms with Gasteiger partial charge < -0.3 is 0 Å². The Balaban J connectivity index is 2.50. The van der Waals surface area contributed by atoms with Crippen molar-refractivity contribution in [3.05, 3.63) is 54.1 Å². The van der Waals surface area contributed by atoms with E-state index in [0.29, 0.717) is 5.69 Å². The van der Waals surface area contributed by atoms with Crippen molar-refractivity contribution in [3.8, 4) is 0 Å². The van der Waals surface area contributed by atoms with Gasteiger partial charge in [-0.15, -0.1) is 0 Å². The third-order valence-electron chi connectivity index (χ3n) is 3.09. The van der Waals surface area contributed by atoms with E-state index < -0.39 is 11.6 Å². The van der Waals surface area contributed by atoms with Crippen LogP contribution in [0.25, 0.3) is 0 Å². The minimum absolute atomic E-state index is 0.451. The molecule has 0 aliphatic heterocycles. The fourth-order valence-corrected chi connectivity index (χ4v) is 2.17. The molecule has 0 bridgehead atoms. The van der Waals surface area contributed by atoms with Crippen LogP contribution in [0.1, 0.15) is 11.5 Å². The molecule has 0 saturated heterocycles. The van der Waals surface area contributed by atoms with Gasteiger partial charge in [-0.1, -0.05) is 30.4 Å². The highest BCUT2D eigenvalue weighted by atomic mass is 16.1. The number of isocyanates is 3. The average molecular weight is 279 g/mol. The zero-order valence-corrected chi connectivity index (χ0v) is 10.8. The summed E-state index contributed by atoms with van der Waals surface area (Å²) in [7, 11) is 0. The summed E-state index contributed by atoms with van der Waals surface area (Å²) in [6.45, 7) is 0. The molecule has 6 heteroatoms. The van der Waals surface area contributed by atoms with Crippen LogP contribution in [-0.4, -0.2) is 23.9 Å². The molecule has 0 amide bonds. The maximum absolute atomic E-state index is 10.7. The van der Waals surface area contributed by atoms with E-state index in [-0.39, 0.29) is 0 Å². The summed E-state index contributed by atoms with van der Waals surface area (Å²) in [5.74, 6) is -0.459. The molecule has 0 radical (unpaired) electrons. The fraction of sp³-hybridized carbons (Fsp3) is 0.133. The Bertz CT molecular complexity index is 712. The minimum Gasteiger partial charge on any atom is -0.211 e. The van der Waals surface area contributed by atoms with E-state index in [4.69, 9.17) is 0 Å². The van der Waals surface area contributed by atoms with Crippen LogP contribution in [0.5, 0.6) is 0 Å². The first kappa shape index (κ1) is 14.3. The SMILES string of the molecule is O=C=Nc1ccc(C2C=CC=CC2(N=C=O)N=C=O)cc1. The Labute approximate surface area is 120 Å². The molecule has 6 nitrogen and oxygen atoms in total. The lowest BCUT2D eigenvalue weighted by molar-refractivity contribution is 0.476. The van der Waals surface area contributed by atoms with Crippen molar-refractivity contribution in [3.63, 3.8) is 0 Å². The van der Waals surface area contributed by atoms with Crippen molar-refractivity contribution in [2.24, 2.45) is 15.0 Å². The molecular formula is C15H9N3O3. The second kappa shape index (κ2) is 6.33. The summed E-state index contributed by atoms with van der Waals surface area (Å²) in [5, 5.41) is 0. The van der Waals surface area contributed by atoms with Gasteiger partial charge in [0, 0.05) is 0 Å². The first-order valence-corrected chi connectivity index (χ1v) is 5.97. The van der Waals surface area contributed by atoms with E-state index in [9.17, 15) is 14.4 Å². The van der Waals surface area contributed by atoms with Crippen molar-refractivity contribution < 1.29 is 14.4 Å². The molecule has 1 atom stereocenters. The molecule has 1 aromatic carbocycles. The van der Waals surface area contributed by atoms with Gasteiger partial charge in [-0.05, 0) is 23.8 Å². The van der Waals surface area contributed by atoms with Gasteiger partial charge >= 0.3 is 0 Å². The summed E-state index contributed by atoms with van der Waals surface area (Å²) in [5.41, 5.74) is -0.181. The van der Waals surface area contributed by atoms with Gasteiger partial charge in [0.25, 0.3) is 0 Å². The van der Waals surface area contributed by atoms with Crippen LogP contribution in [0.15, 0.2) is 63.5 Å². The van der Waals surface area contributed by atoms with Crippen LogP contribution < -0.4 is 0 Å². The Hall–Kier alpha value is -3.16. The molecule has 1 aliphatic carbocycles. The van der Waals surface area contributed by atoms with Gasteiger partial charge in [0.05, 0.1) is 11.6 Å². The maximum Gasteiger partial charge on any atom is 0.240 e. The fourth-order valence-electron chi connectivity index (χ4n) is 2.17. The highest BCUT2D eigenvalue weighted by molar-refractivity contribution is 5.52. The second-order valence-corrected chi connectivity index (χ2v) is 4.21. The Morgan fingerprint density at radius 1 is 0.905 bits per heavy atom. The van der Waals surface area contributed by atoms with Gasteiger partial charge in [-0.25, -0.2) is 14.4 Å². The highest BCUT2D eigenvalue weighted by Gasteiger charge is 2.37. The lowest BCUT2D eigenvalue weighted by atomic mass is 9.83. The third-order valence-corrected chi connectivity index (χ3v) is 3.09. The number of nitrogens with zero attached hydrogens (tertiary/aromatic N) is 3. The summed E-state index contributed by atoms with van der Waals surface area (Å²) in [6, 6.07) is 6.65. The number of carbonyl (C=O) groups excluding carboxylic acids is 3. The van der Waals surface area contributed by atoms with E-state index in [1.807, 2.05) is 0 Å². The van der Waals surface area contributed by atoms with Crippen LogP contribution >= 0.6 is 0 Å². The third kappa shape index (κ3) is 2.89. The van der Waals surface area contributed by atoms with Gasteiger partial charge in [0.1, 0.15) is 0 Å². The Morgan fingerprint density at radius 2 is 1.57 bits per heavy atom. The maximum atomic E-state index is 10.7. The molecule has 0 heterocycles. The van der Waals surface area contributed by atoms with Crippen molar-refractivity contribution >= 4 is 23.9 Å². The Kier molecular flexibility index (Phi) is 4.30. The second-order valence-electron chi connectivity index (χ2n) is 4.21. The quantitative estimate of drug-likeness (QED) is 0.625. The van der Waals surface area contributed by atoms with E-state index in [0.717, 1.165) is 5.56 Å². The molecular weight excluding hydrogens is 270 g/mol. The minimum atomic E-state index is -1.38. The monoisotopic (exact) mass is 279 g/mol. The molecule has 1 unspecified atom stereocenters. The van der Waals surface area contributed by atoms with Crippen LogP contribution in [-0.2, 0) is 14.4 Å². The summed E-state index contributed by atoms with van der Waals surface area (Å²) in [6.07, 6.45) is 11.0. The molecule has 21 heavy (non-hydrogen) atoms. The number of aliphatic imine (C=N–C) groups is 3. The average Bonchev–Trinajstić information content (AvgIpc) is 2.50. The molecule has 1 aromatic rings. The number of allylic oxidation sites excluding steroid dienone is 2. The van der Waals surface area contributed by atoms with E-state index in [2.05, 4.69) is 15.0 Å². The van der Waals surface area contributed by atoms with Gasteiger partial charge in [-0.2, -0.15) is 15.0 Å². The predicted molar refractivity (Wildman–Crippen MR) is 74.2 cm³/mol. The van der Waals surface area contributed by atoms with Crippen LogP contribution in [0.2, 0.25) is 0 Å². The van der Waals surface area contributed by atoms with Crippen molar-refractivity contribution in [2.75, 3.05) is 0 Å².